The van der Waals surface area contributed by atoms with Gasteiger partial charge >= 0.3 is 11.8 Å². The van der Waals surface area contributed by atoms with Gasteiger partial charge in [-0.15, -0.1) is 0 Å². The van der Waals surface area contributed by atoms with Gasteiger partial charge in [-0.1, -0.05) is 48.5 Å². The Labute approximate surface area is 194 Å². The van der Waals surface area contributed by atoms with Crippen molar-refractivity contribution in [3.63, 3.8) is 0 Å². The van der Waals surface area contributed by atoms with E-state index in [1.807, 2.05) is 24.3 Å². The van der Waals surface area contributed by atoms with Gasteiger partial charge in [-0.05, 0) is 59.4 Å². The molecule has 2 amide bonds. The Morgan fingerprint density at radius 3 is 2.24 bits per heavy atom. The van der Waals surface area contributed by atoms with E-state index in [9.17, 15) is 9.59 Å². The van der Waals surface area contributed by atoms with Crippen LogP contribution in [0.4, 0.5) is 5.69 Å². The first-order valence-corrected chi connectivity index (χ1v) is 11.2. The molecule has 170 valence electrons. The van der Waals surface area contributed by atoms with E-state index in [1.54, 1.807) is 7.11 Å². The van der Waals surface area contributed by atoms with Crippen LogP contribution in [0.15, 0.2) is 72.8 Å². The fourth-order valence-corrected chi connectivity index (χ4v) is 4.00. The largest absolute Gasteiger partial charge is 0.497 e. The Hall–Kier alpha value is -3.80. The highest BCUT2D eigenvalue weighted by molar-refractivity contribution is 6.35. The van der Waals surface area contributed by atoms with E-state index in [4.69, 9.17) is 4.74 Å². The molecule has 0 aromatic heterocycles. The van der Waals surface area contributed by atoms with Gasteiger partial charge in [0.15, 0.2) is 0 Å². The van der Waals surface area contributed by atoms with Crippen molar-refractivity contribution in [2.75, 3.05) is 25.1 Å². The van der Waals surface area contributed by atoms with Crippen LogP contribution in [0.3, 0.4) is 0 Å². The number of carbonyl (C=O) groups is 2. The fourth-order valence-electron chi connectivity index (χ4n) is 4.00. The third-order valence-electron chi connectivity index (χ3n) is 5.95. The first-order chi connectivity index (χ1) is 16.1. The van der Waals surface area contributed by atoms with Gasteiger partial charge in [0.1, 0.15) is 5.75 Å². The maximum absolute atomic E-state index is 12.1. The third-order valence-corrected chi connectivity index (χ3v) is 5.95. The molecule has 0 bridgehead atoms. The number of amides is 2. The average molecular weight is 444 g/mol. The summed E-state index contributed by atoms with van der Waals surface area (Å²) in [7, 11) is 1.60. The minimum atomic E-state index is -0.633. The van der Waals surface area contributed by atoms with Crippen molar-refractivity contribution in [3.05, 3.63) is 95.1 Å². The van der Waals surface area contributed by atoms with Crippen LogP contribution in [0.2, 0.25) is 0 Å². The molecule has 6 heteroatoms. The van der Waals surface area contributed by atoms with E-state index in [0.717, 1.165) is 36.4 Å². The number of hydrogen-bond donors (Lipinski definition) is 2. The number of ether oxygens (including phenoxy) is 1. The molecule has 3 aromatic rings. The molecule has 6 nitrogen and oxygen atoms in total. The van der Waals surface area contributed by atoms with Crippen LogP contribution in [0.1, 0.15) is 22.3 Å². The molecule has 1 aliphatic heterocycles. The third kappa shape index (κ3) is 5.92. The minimum Gasteiger partial charge on any atom is -0.497 e. The summed E-state index contributed by atoms with van der Waals surface area (Å²) in [5.41, 5.74) is 6.05. The molecule has 33 heavy (non-hydrogen) atoms. The lowest BCUT2D eigenvalue weighted by atomic mass is 9.99. The number of benzene rings is 3. The zero-order valence-electron chi connectivity index (χ0n) is 18.8. The highest BCUT2D eigenvalue weighted by atomic mass is 16.5. The molecule has 4 rings (SSSR count). The van der Waals surface area contributed by atoms with Crippen molar-refractivity contribution < 1.29 is 14.3 Å². The lowest BCUT2D eigenvalue weighted by Crippen LogP contribution is -2.40. The predicted molar refractivity (Wildman–Crippen MR) is 129 cm³/mol. The van der Waals surface area contributed by atoms with E-state index in [2.05, 4.69) is 64.1 Å². The molecule has 3 aromatic carbocycles. The molecule has 2 N–H and O–H groups in total. The van der Waals surface area contributed by atoms with Gasteiger partial charge in [0.05, 0.1) is 7.11 Å². The van der Waals surface area contributed by atoms with Crippen LogP contribution >= 0.6 is 0 Å². The first-order valence-electron chi connectivity index (χ1n) is 11.2. The van der Waals surface area contributed by atoms with Gasteiger partial charge in [0, 0.05) is 31.9 Å². The summed E-state index contributed by atoms with van der Waals surface area (Å²) in [5.74, 6) is -0.504. The SMILES string of the molecule is COc1ccc(CNC(=O)C(=O)NCCc2ccc(N3CCc4ccccc4C3)cc2)cc1. The number of nitrogens with zero attached hydrogens (tertiary/aromatic N) is 1. The molecule has 0 unspecified atom stereocenters. The van der Waals surface area contributed by atoms with E-state index < -0.39 is 11.8 Å². The number of anilines is 1. The first kappa shape index (κ1) is 22.4. The quantitative estimate of drug-likeness (QED) is 0.550. The number of carbonyl (C=O) groups excluding carboxylic acids is 2. The van der Waals surface area contributed by atoms with E-state index >= 15 is 0 Å². The zero-order chi connectivity index (χ0) is 23.0. The van der Waals surface area contributed by atoms with Gasteiger partial charge in [0.25, 0.3) is 0 Å². The summed E-state index contributed by atoms with van der Waals surface area (Å²) in [6, 6.07) is 24.4. The van der Waals surface area contributed by atoms with Gasteiger partial charge in [-0.3, -0.25) is 9.59 Å². The number of hydrogen-bond acceptors (Lipinski definition) is 4. The van der Waals surface area contributed by atoms with Gasteiger partial charge in [0.2, 0.25) is 0 Å². The molecule has 0 radical (unpaired) electrons. The summed E-state index contributed by atoms with van der Waals surface area (Å²) in [6.07, 6.45) is 1.73. The Morgan fingerprint density at radius 2 is 1.52 bits per heavy atom. The molecule has 1 aliphatic rings. The normalized spacial score (nSPS) is 12.6. The van der Waals surface area contributed by atoms with Crippen molar-refractivity contribution in [1.29, 1.82) is 0 Å². The fraction of sp³-hybridized carbons (Fsp3) is 0.259. The topological polar surface area (TPSA) is 70.7 Å². The second-order valence-electron chi connectivity index (χ2n) is 8.14. The highest BCUT2D eigenvalue weighted by Gasteiger charge is 2.16. The molecular formula is C27H29N3O3. The Bertz CT molecular complexity index is 1090. The highest BCUT2D eigenvalue weighted by Crippen LogP contribution is 2.24. The maximum Gasteiger partial charge on any atom is 0.309 e. The smallest absolute Gasteiger partial charge is 0.309 e. The van der Waals surface area contributed by atoms with Gasteiger partial charge < -0.3 is 20.3 Å². The van der Waals surface area contributed by atoms with Crippen LogP contribution in [-0.4, -0.2) is 32.0 Å². The maximum atomic E-state index is 12.1. The molecular weight excluding hydrogens is 414 g/mol. The summed E-state index contributed by atoms with van der Waals surface area (Å²) in [6.45, 7) is 2.64. The van der Waals surface area contributed by atoms with E-state index in [0.29, 0.717) is 19.5 Å². The van der Waals surface area contributed by atoms with Crippen molar-refractivity contribution >= 4 is 17.5 Å². The van der Waals surface area contributed by atoms with Gasteiger partial charge in [-0.25, -0.2) is 0 Å². The summed E-state index contributed by atoms with van der Waals surface area (Å²) in [5, 5.41) is 5.33. The second kappa shape index (κ2) is 10.7. The van der Waals surface area contributed by atoms with Crippen LogP contribution in [0.25, 0.3) is 0 Å². The van der Waals surface area contributed by atoms with Crippen molar-refractivity contribution in [2.45, 2.75) is 25.9 Å². The van der Waals surface area contributed by atoms with Crippen molar-refractivity contribution in [2.24, 2.45) is 0 Å². The Kier molecular flexibility index (Phi) is 7.25. The van der Waals surface area contributed by atoms with E-state index in [-0.39, 0.29) is 0 Å². The number of nitrogens with one attached hydrogen (secondary N) is 2. The number of fused-ring (bicyclic) bond motifs is 1. The molecule has 0 saturated heterocycles. The standard InChI is InChI=1S/C27H29N3O3/c1-33-25-12-8-21(9-13-25)18-29-27(32)26(31)28-16-14-20-6-10-24(11-7-20)30-17-15-22-4-2-3-5-23(22)19-30/h2-13H,14-19H2,1H3,(H,28,31)(H,29,32). The Balaban J connectivity index is 1.20. The lowest BCUT2D eigenvalue weighted by molar-refractivity contribution is -0.139. The molecule has 0 spiro atoms. The summed E-state index contributed by atoms with van der Waals surface area (Å²) >= 11 is 0. The monoisotopic (exact) mass is 443 g/mol. The molecule has 0 fully saturated rings. The summed E-state index contributed by atoms with van der Waals surface area (Å²) in [4.78, 5) is 26.5. The molecule has 0 aliphatic carbocycles. The van der Waals surface area contributed by atoms with Crippen molar-refractivity contribution in [3.8, 4) is 5.75 Å². The molecule has 0 atom stereocenters. The van der Waals surface area contributed by atoms with Crippen LogP contribution in [0.5, 0.6) is 5.75 Å². The zero-order valence-corrected chi connectivity index (χ0v) is 18.8. The second-order valence-corrected chi connectivity index (χ2v) is 8.14. The average Bonchev–Trinajstić information content (AvgIpc) is 2.87. The number of methoxy groups -OCH3 is 1. The Morgan fingerprint density at radius 1 is 0.848 bits per heavy atom. The lowest BCUT2D eigenvalue weighted by Gasteiger charge is -2.30. The van der Waals surface area contributed by atoms with Gasteiger partial charge in [-0.2, -0.15) is 0 Å². The van der Waals surface area contributed by atoms with E-state index in [1.165, 1.54) is 16.8 Å². The van der Waals surface area contributed by atoms with Crippen LogP contribution in [0, 0.1) is 0 Å². The molecule has 1 heterocycles. The molecule has 0 saturated carbocycles. The number of rotatable bonds is 7. The summed E-state index contributed by atoms with van der Waals surface area (Å²) < 4.78 is 5.11. The van der Waals surface area contributed by atoms with Crippen LogP contribution < -0.4 is 20.3 Å². The van der Waals surface area contributed by atoms with Crippen LogP contribution in [-0.2, 0) is 35.5 Å². The van der Waals surface area contributed by atoms with Crippen molar-refractivity contribution in [1.82, 2.24) is 10.6 Å². The predicted octanol–water partition coefficient (Wildman–Crippen LogP) is 3.23. The minimum absolute atomic E-state index is 0.290.